The van der Waals surface area contributed by atoms with E-state index in [9.17, 15) is 4.79 Å². The van der Waals surface area contributed by atoms with Gasteiger partial charge in [0.25, 0.3) is 5.56 Å². The van der Waals surface area contributed by atoms with Gasteiger partial charge < -0.3 is 4.98 Å². The molecule has 0 saturated heterocycles. The second-order valence-electron chi connectivity index (χ2n) is 4.77. The van der Waals surface area contributed by atoms with E-state index < -0.39 is 0 Å². The van der Waals surface area contributed by atoms with E-state index in [0.29, 0.717) is 0 Å². The van der Waals surface area contributed by atoms with Gasteiger partial charge in [0.2, 0.25) is 0 Å². The normalized spacial score (nSPS) is 15.1. The zero-order chi connectivity index (χ0) is 11.8. The first-order valence-corrected chi connectivity index (χ1v) is 6.42. The molecular formula is C13H17N3O. The van der Waals surface area contributed by atoms with Crippen LogP contribution in [0.25, 0.3) is 5.65 Å². The van der Waals surface area contributed by atoms with E-state index in [1.54, 1.807) is 0 Å². The molecule has 1 aliphatic rings. The van der Waals surface area contributed by atoms with Crippen LogP contribution in [0, 0.1) is 0 Å². The van der Waals surface area contributed by atoms with Crippen LogP contribution < -0.4 is 5.56 Å². The van der Waals surface area contributed by atoms with Gasteiger partial charge in [0.05, 0.1) is 11.4 Å². The van der Waals surface area contributed by atoms with Gasteiger partial charge in [-0.1, -0.05) is 13.3 Å². The lowest BCUT2D eigenvalue weighted by Crippen LogP contribution is -2.22. The zero-order valence-corrected chi connectivity index (χ0v) is 10.1. The highest BCUT2D eigenvalue weighted by Gasteiger charge is 2.17. The maximum atomic E-state index is 11.9. The lowest BCUT2D eigenvalue weighted by molar-refractivity contribution is 0.632. The molecule has 0 fully saturated rings. The van der Waals surface area contributed by atoms with Crippen LogP contribution in [-0.2, 0) is 19.3 Å². The Morgan fingerprint density at radius 1 is 1.41 bits per heavy atom. The number of fused-ring (bicyclic) bond motifs is 3. The van der Waals surface area contributed by atoms with Crippen molar-refractivity contribution < 1.29 is 0 Å². The molecule has 0 aromatic carbocycles. The minimum atomic E-state index is 0.0788. The molecule has 90 valence electrons. The number of nitrogens with zero attached hydrogens (tertiary/aromatic N) is 2. The van der Waals surface area contributed by atoms with Crippen LogP contribution in [0.2, 0.25) is 0 Å². The van der Waals surface area contributed by atoms with Gasteiger partial charge in [-0.2, -0.15) is 5.10 Å². The smallest absolute Gasteiger partial charge is 0.254 e. The Morgan fingerprint density at radius 3 is 3.06 bits per heavy atom. The molecule has 0 atom stereocenters. The summed E-state index contributed by atoms with van der Waals surface area (Å²) < 4.78 is 1.95. The number of H-pyrrole nitrogens is 1. The molecule has 0 unspecified atom stereocenters. The first kappa shape index (κ1) is 10.6. The number of aromatic amines is 1. The molecule has 4 heteroatoms. The number of aromatic nitrogens is 3. The van der Waals surface area contributed by atoms with Crippen molar-refractivity contribution in [1.82, 2.24) is 14.6 Å². The topological polar surface area (TPSA) is 50.2 Å². The summed E-state index contributed by atoms with van der Waals surface area (Å²) in [5, 5.41) is 4.60. The third-order valence-electron chi connectivity index (χ3n) is 3.48. The van der Waals surface area contributed by atoms with Crippen molar-refractivity contribution in [3.05, 3.63) is 33.4 Å². The predicted octanol–water partition coefficient (Wildman–Crippen LogP) is 1.85. The van der Waals surface area contributed by atoms with Crippen LogP contribution in [0.1, 0.15) is 43.1 Å². The Balaban J connectivity index is 2.24. The van der Waals surface area contributed by atoms with Gasteiger partial charge in [0.1, 0.15) is 5.65 Å². The highest BCUT2D eigenvalue weighted by atomic mass is 16.1. The van der Waals surface area contributed by atoms with Gasteiger partial charge in [-0.05, 0) is 32.1 Å². The minimum Gasteiger partial charge on any atom is -0.307 e. The van der Waals surface area contributed by atoms with Gasteiger partial charge in [-0.25, -0.2) is 4.52 Å². The second-order valence-corrected chi connectivity index (χ2v) is 4.77. The zero-order valence-electron chi connectivity index (χ0n) is 10.1. The quantitative estimate of drug-likeness (QED) is 0.857. The van der Waals surface area contributed by atoms with Crippen molar-refractivity contribution in [3.63, 3.8) is 0 Å². The monoisotopic (exact) mass is 231 g/mol. The molecule has 0 aliphatic heterocycles. The maximum Gasteiger partial charge on any atom is 0.254 e. The fourth-order valence-corrected chi connectivity index (χ4v) is 2.66. The highest BCUT2D eigenvalue weighted by Crippen LogP contribution is 2.19. The average molecular weight is 231 g/mol. The summed E-state index contributed by atoms with van der Waals surface area (Å²) in [4.78, 5) is 14.9. The minimum absolute atomic E-state index is 0.0788. The molecule has 0 radical (unpaired) electrons. The Labute approximate surface area is 99.7 Å². The summed E-state index contributed by atoms with van der Waals surface area (Å²) in [6, 6.07) is 2.00. The van der Waals surface area contributed by atoms with E-state index in [2.05, 4.69) is 17.0 Å². The van der Waals surface area contributed by atoms with Crippen molar-refractivity contribution in [3.8, 4) is 0 Å². The number of hydrogen-bond donors (Lipinski definition) is 1. The lowest BCUT2D eigenvalue weighted by atomic mass is 9.97. The molecule has 0 saturated carbocycles. The highest BCUT2D eigenvalue weighted by molar-refractivity contribution is 5.42. The molecule has 3 rings (SSSR count). The fraction of sp³-hybridized carbons (Fsp3) is 0.538. The van der Waals surface area contributed by atoms with Crippen LogP contribution in [0.15, 0.2) is 10.9 Å². The molecule has 1 aliphatic carbocycles. The van der Waals surface area contributed by atoms with Crippen LogP contribution in [0.5, 0.6) is 0 Å². The van der Waals surface area contributed by atoms with Crippen molar-refractivity contribution in [2.75, 3.05) is 0 Å². The molecule has 4 nitrogen and oxygen atoms in total. The summed E-state index contributed by atoms with van der Waals surface area (Å²) in [5.41, 5.74) is 4.06. The van der Waals surface area contributed by atoms with Gasteiger partial charge >= 0.3 is 0 Å². The first-order valence-electron chi connectivity index (χ1n) is 6.42. The van der Waals surface area contributed by atoms with E-state index in [4.69, 9.17) is 0 Å². The first-order chi connectivity index (χ1) is 8.29. The Morgan fingerprint density at radius 2 is 2.24 bits per heavy atom. The summed E-state index contributed by atoms with van der Waals surface area (Å²) in [5.74, 6) is 0. The van der Waals surface area contributed by atoms with E-state index in [1.807, 2.05) is 10.6 Å². The molecule has 2 heterocycles. The van der Waals surface area contributed by atoms with E-state index in [-0.39, 0.29) is 5.56 Å². The molecular weight excluding hydrogens is 214 g/mol. The Kier molecular flexibility index (Phi) is 2.50. The average Bonchev–Trinajstić information content (AvgIpc) is 2.73. The molecule has 0 amide bonds. The fourth-order valence-electron chi connectivity index (χ4n) is 2.66. The van der Waals surface area contributed by atoms with Crippen LogP contribution in [0.4, 0.5) is 0 Å². The largest absolute Gasteiger partial charge is 0.307 e. The third-order valence-corrected chi connectivity index (χ3v) is 3.48. The molecule has 17 heavy (non-hydrogen) atoms. The lowest BCUT2D eigenvalue weighted by Gasteiger charge is -2.15. The summed E-state index contributed by atoms with van der Waals surface area (Å²) in [7, 11) is 0. The van der Waals surface area contributed by atoms with Crippen LogP contribution in [0.3, 0.4) is 0 Å². The second kappa shape index (κ2) is 4.02. The third kappa shape index (κ3) is 1.68. The number of rotatable bonds is 2. The van der Waals surface area contributed by atoms with E-state index in [0.717, 1.165) is 61.1 Å². The number of nitrogens with one attached hydrogen (secondary N) is 1. The molecule has 0 spiro atoms. The van der Waals surface area contributed by atoms with Crippen LogP contribution in [-0.4, -0.2) is 14.6 Å². The van der Waals surface area contributed by atoms with E-state index in [1.165, 1.54) is 0 Å². The van der Waals surface area contributed by atoms with Crippen molar-refractivity contribution >= 4 is 5.65 Å². The maximum absolute atomic E-state index is 11.9. The van der Waals surface area contributed by atoms with Crippen molar-refractivity contribution in [2.45, 2.75) is 45.4 Å². The van der Waals surface area contributed by atoms with Gasteiger partial charge in [-0.3, -0.25) is 4.79 Å². The molecule has 2 aromatic rings. The van der Waals surface area contributed by atoms with Crippen LogP contribution >= 0.6 is 0 Å². The summed E-state index contributed by atoms with van der Waals surface area (Å²) in [6.45, 7) is 2.14. The summed E-state index contributed by atoms with van der Waals surface area (Å²) >= 11 is 0. The summed E-state index contributed by atoms with van der Waals surface area (Å²) in [6.07, 6.45) is 6.20. The van der Waals surface area contributed by atoms with Crippen molar-refractivity contribution in [1.29, 1.82) is 0 Å². The number of hydrogen-bond acceptors (Lipinski definition) is 2. The Bertz CT molecular complexity index is 609. The van der Waals surface area contributed by atoms with Gasteiger partial charge in [-0.15, -0.1) is 0 Å². The SMILES string of the molecule is CCCc1cc2[nH]c(=O)c3c(n2n1)CCCC3. The molecule has 0 bridgehead atoms. The predicted molar refractivity (Wildman–Crippen MR) is 66.4 cm³/mol. The standard InChI is InChI=1S/C13H17N3O/c1-2-5-9-8-12-14-13(17)10-6-3-4-7-11(10)16(12)15-9/h8H,2-7H2,1H3,(H,14,17). The van der Waals surface area contributed by atoms with Gasteiger partial charge in [0, 0.05) is 11.6 Å². The van der Waals surface area contributed by atoms with Gasteiger partial charge in [0.15, 0.2) is 0 Å². The van der Waals surface area contributed by atoms with E-state index >= 15 is 0 Å². The number of aryl methyl sites for hydroxylation is 2. The molecule has 1 N–H and O–H groups in total. The van der Waals surface area contributed by atoms with Crippen molar-refractivity contribution in [2.24, 2.45) is 0 Å². The molecule has 2 aromatic heterocycles. The Hall–Kier alpha value is -1.58.